The standard InChI is InChI=1S/C26H25N5O2/c32-25(22-9-5-4-8-21(22)24-27-13-14-28-24)30-15-11-26(12-16-30)23-19(10-17-33-26)18-31(29-23)20-6-2-1-3-7-20/h1-9,13-14,18H,10-12,15-17H2,(H,27,28). The Hall–Kier alpha value is -3.71. The number of nitrogens with zero attached hydrogens (tertiary/aromatic N) is 4. The van der Waals surface area contributed by atoms with E-state index >= 15 is 0 Å². The molecule has 1 N–H and O–H groups in total. The van der Waals surface area contributed by atoms with Crippen molar-refractivity contribution in [3.8, 4) is 17.1 Å². The molecule has 2 aliphatic heterocycles. The van der Waals surface area contributed by atoms with Gasteiger partial charge in [0.25, 0.3) is 5.91 Å². The zero-order valence-electron chi connectivity index (χ0n) is 18.3. The quantitative estimate of drug-likeness (QED) is 0.524. The molecule has 1 fully saturated rings. The molecular weight excluding hydrogens is 414 g/mol. The molecule has 1 amide bonds. The number of carbonyl (C=O) groups is 1. The summed E-state index contributed by atoms with van der Waals surface area (Å²) in [6.07, 6.45) is 7.94. The van der Waals surface area contributed by atoms with Crippen molar-refractivity contribution < 1.29 is 9.53 Å². The van der Waals surface area contributed by atoms with Crippen molar-refractivity contribution >= 4 is 5.91 Å². The lowest BCUT2D eigenvalue weighted by molar-refractivity contribution is -0.0963. The fourth-order valence-electron chi connectivity index (χ4n) is 5.03. The van der Waals surface area contributed by atoms with Crippen LogP contribution in [0.2, 0.25) is 0 Å². The first-order chi connectivity index (χ1) is 16.2. The van der Waals surface area contributed by atoms with E-state index in [1.165, 1.54) is 5.56 Å². The van der Waals surface area contributed by atoms with Crippen LogP contribution in [0.5, 0.6) is 0 Å². The Morgan fingerprint density at radius 2 is 1.82 bits per heavy atom. The van der Waals surface area contributed by atoms with Gasteiger partial charge in [-0.25, -0.2) is 9.67 Å². The number of benzene rings is 2. The summed E-state index contributed by atoms with van der Waals surface area (Å²) in [4.78, 5) is 22.8. The highest BCUT2D eigenvalue weighted by Gasteiger charge is 2.44. The highest BCUT2D eigenvalue weighted by atomic mass is 16.5. The number of rotatable bonds is 3. The van der Waals surface area contributed by atoms with Gasteiger partial charge in [0.1, 0.15) is 11.4 Å². The largest absolute Gasteiger partial charge is 0.368 e. The van der Waals surface area contributed by atoms with E-state index in [0.29, 0.717) is 31.1 Å². The summed E-state index contributed by atoms with van der Waals surface area (Å²) in [6.45, 7) is 1.94. The van der Waals surface area contributed by atoms with Gasteiger partial charge in [0.05, 0.1) is 23.6 Å². The van der Waals surface area contributed by atoms with E-state index in [4.69, 9.17) is 9.84 Å². The topological polar surface area (TPSA) is 76.0 Å². The minimum absolute atomic E-state index is 0.0303. The lowest BCUT2D eigenvalue weighted by Gasteiger charge is -2.43. The van der Waals surface area contributed by atoms with E-state index in [1.54, 1.807) is 12.4 Å². The number of nitrogens with one attached hydrogen (secondary N) is 1. The van der Waals surface area contributed by atoms with Crippen LogP contribution in [0, 0.1) is 0 Å². The third-order valence-electron chi connectivity index (χ3n) is 6.76. The van der Waals surface area contributed by atoms with Gasteiger partial charge in [0.2, 0.25) is 0 Å². The van der Waals surface area contributed by atoms with Gasteiger partial charge in [-0.3, -0.25) is 4.79 Å². The van der Waals surface area contributed by atoms with Crippen LogP contribution in [0.25, 0.3) is 17.1 Å². The van der Waals surface area contributed by atoms with Gasteiger partial charge in [-0.05, 0) is 43.0 Å². The number of carbonyl (C=O) groups excluding carboxylic acids is 1. The number of piperidine rings is 1. The summed E-state index contributed by atoms with van der Waals surface area (Å²) in [5.41, 5.74) is 4.39. The number of aromatic amines is 1. The third kappa shape index (κ3) is 3.45. The number of hydrogen-bond donors (Lipinski definition) is 1. The molecule has 4 aromatic rings. The fraction of sp³-hybridized carbons (Fsp3) is 0.269. The lowest BCUT2D eigenvalue weighted by Crippen LogP contribution is -2.48. The molecule has 33 heavy (non-hydrogen) atoms. The van der Waals surface area contributed by atoms with E-state index in [1.807, 2.05) is 52.0 Å². The Morgan fingerprint density at radius 1 is 1.03 bits per heavy atom. The van der Waals surface area contributed by atoms with E-state index in [-0.39, 0.29) is 5.91 Å². The summed E-state index contributed by atoms with van der Waals surface area (Å²) in [6, 6.07) is 17.8. The molecule has 2 aliphatic rings. The fourth-order valence-corrected chi connectivity index (χ4v) is 5.03. The number of para-hydroxylation sites is 1. The maximum Gasteiger partial charge on any atom is 0.254 e. The number of hydrogen-bond acceptors (Lipinski definition) is 4. The minimum atomic E-state index is -0.426. The zero-order chi connectivity index (χ0) is 22.3. The van der Waals surface area contributed by atoms with Gasteiger partial charge in [-0.1, -0.05) is 36.4 Å². The molecule has 1 saturated heterocycles. The summed E-state index contributed by atoms with van der Waals surface area (Å²) in [5, 5.41) is 4.95. The second-order valence-corrected chi connectivity index (χ2v) is 8.65. The maximum atomic E-state index is 13.4. The second kappa shape index (κ2) is 8.01. The van der Waals surface area contributed by atoms with Crippen LogP contribution in [0.3, 0.4) is 0 Å². The molecule has 2 aromatic carbocycles. The average Bonchev–Trinajstić information content (AvgIpc) is 3.56. The van der Waals surface area contributed by atoms with Gasteiger partial charge >= 0.3 is 0 Å². The summed E-state index contributed by atoms with van der Waals surface area (Å²) >= 11 is 0. The summed E-state index contributed by atoms with van der Waals surface area (Å²) in [7, 11) is 0. The molecule has 1 spiro atoms. The van der Waals surface area contributed by atoms with Crippen LogP contribution in [-0.2, 0) is 16.8 Å². The number of H-pyrrole nitrogens is 1. The van der Waals surface area contributed by atoms with Crippen LogP contribution in [-0.4, -0.2) is 50.3 Å². The van der Waals surface area contributed by atoms with Crippen LogP contribution < -0.4 is 0 Å². The molecule has 0 aliphatic carbocycles. The molecule has 7 heteroatoms. The van der Waals surface area contributed by atoms with Crippen molar-refractivity contribution in [1.29, 1.82) is 0 Å². The van der Waals surface area contributed by atoms with Gasteiger partial charge < -0.3 is 14.6 Å². The first kappa shape index (κ1) is 19.9. The van der Waals surface area contributed by atoms with E-state index in [9.17, 15) is 4.79 Å². The SMILES string of the molecule is O=C(c1ccccc1-c1ncc[nH]1)N1CCC2(CC1)OCCc1cn(-c3ccccc3)nc12. The highest BCUT2D eigenvalue weighted by molar-refractivity contribution is 6.00. The number of ether oxygens (including phenoxy) is 1. The smallest absolute Gasteiger partial charge is 0.254 e. The van der Waals surface area contributed by atoms with Crippen molar-refractivity contribution in [2.75, 3.05) is 19.7 Å². The molecule has 166 valence electrons. The van der Waals surface area contributed by atoms with Crippen LogP contribution >= 0.6 is 0 Å². The third-order valence-corrected chi connectivity index (χ3v) is 6.76. The lowest BCUT2D eigenvalue weighted by atomic mass is 9.83. The first-order valence-electron chi connectivity index (χ1n) is 11.4. The Bertz CT molecular complexity index is 1270. The molecule has 0 atom stereocenters. The Morgan fingerprint density at radius 3 is 2.61 bits per heavy atom. The molecule has 0 radical (unpaired) electrons. The minimum Gasteiger partial charge on any atom is -0.368 e. The van der Waals surface area contributed by atoms with Gasteiger partial charge in [0, 0.05) is 37.2 Å². The predicted molar refractivity (Wildman–Crippen MR) is 124 cm³/mol. The van der Waals surface area contributed by atoms with Crippen molar-refractivity contribution in [2.24, 2.45) is 0 Å². The van der Waals surface area contributed by atoms with Gasteiger partial charge in [-0.2, -0.15) is 5.10 Å². The van der Waals surface area contributed by atoms with Crippen molar-refractivity contribution in [3.05, 3.63) is 90.0 Å². The monoisotopic (exact) mass is 439 g/mol. The number of likely N-dealkylation sites (tertiary alicyclic amines) is 1. The molecule has 4 heterocycles. The molecule has 2 aromatic heterocycles. The van der Waals surface area contributed by atoms with Crippen LogP contribution in [0.15, 0.2) is 73.2 Å². The van der Waals surface area contributed by atoms with Crippen molar-refractivity contribution in [1.82, 2.24) is 24.6 Å². The second-order valence-electron chi connectivity index (χ2n) is 8.65. The van der Waals surface area contributed by atoms with Crippen molar-refractivity contribution in [3.63, 3.8) is 0 Å². The molecule has 0 saturated carbocycles. The van der Waals surface area contributed by atoms with E-state index in [2.05, 4.69) is 28.3 Å². The first-order valence-corrected chi connectivity index (χ1v) is 11.4. The van der Waals surface area contributed by atoms with Crippen molar-refractivity contribution in [2.45, 2.75) is 24.9 Å². The Balaban J connectivity index is 1.25. The number of amides is 1. The van der Waals surface area contributed by atoms with Crippen LogP contribution in [0.1, 0.15) is 34.5 Å². The predicted octanol–water partition coefficient (Wildman–Crippen LogP) is 3.97. The summed E-state index contributed by atoms with van der Waals surface area (Å²) < 4.78 is 8.33. The number of aromatic nitrogens is 4. The summed E-state index contributed by atoms with van der Waals surface area (Å²) in [5.74, 6) is 0.738. The molecular formula is C26H25N5O2. The van der Waals surface area contributed by atoms with E-state index in [0.717, 1.165) is 36.2 Å². The molecule has 7 nitrogen and oxygen atoms in total. The molecule has 0 unspecified atom stereocenters. The van der Waals surface area contributed by atoms with Gasteiger partial charge in [0.15, 0.2) is 0 Å². The average molecular weight is 440 g/mol. The number of fused-ring (bicyclic) bond motifs is 2. The molecule has 6 rings (SSSR count). The highest BCUT2D eigenvalue weighted by Crippen LogP contribution is 2.41. The Kier molecular flexibility index (Phi) is 4.84. The normalized spacial score (nSPS) is 17.2. The Labute approximate surface area is 192 Å². The zero-order valence-corrected chi connectivity index (χ0v) is 18.3. The van der Waals surface area contributed by atoms with Gasteiger partial charge in [-0.15, -0.1) is 0 Å². The molecule has 0 bridgehead atoms. The van der Waals surface area contributed by atoms with E-state index < -0.39 is 5.60 Å². The maximum absolute atomic E-state index is 13.4. The number of imidazole rings is 1. The van der Waals surface area contributed by atoms with Crippen LogP contribution in [0.4, 0.5) is 0 Å².